The first-order chi connectivity index (χ1) is 12.3. The quantitative estimate of drug-likeness (QED) is 0.335. The summed E-state index contributed by atoms with van der Waals surface area (Å²) >= 11 is 0. The Morgan fingerprint density at radius 3 is 2.19 bits per heavy atom. The third kappa shape index (κ3) is 2.42. The third-order valence-corrected chi connectivity index (χ3v) is 4.50. The highest BCUT2D eigenvalue weighted by atomic mass is 19.2. The first kappa shape index (κ1) is 16.2. The molecule has 0 unspecified atom stereocenters. The molecule has 0 aliphatic heterocycles. The van der Waals surface area contributed by atoms with Crippen LogP contribution in [0.25, 0.3) is 22.1 Å². The van der Waals surface area contributed by atoms with Crippen LogP contribution in [0, 0.1) is 17.0 Å². The van der Waals surface area contributed by atoms with Crippen molar-refractivity contribution in [3.63, 3.8) is 0 Å². The number of rotatable bonds is 3. The van der Waals surface area contributed by atoms with Crippen molar-refractivity contribution in [2.45, 2.75) is 19.3 Å². The zero-order valence-electron chi connectivity index (χ0n) is 14.1. The maximum Gasteiger partial charge on any atom is 0.161 e. The second-order valence-corrected chi connectivity index (χ2v) is 6.72. The second-order valence-electron chi connectivity index (χ2n) is 6.72. The van der Waals surface area contributed by atoms with Crippen molar-refractivity contribution >= 4 is 27.9 Å². The molecule has 6 nitrogen and oxygen atoms in total. The molecule has 0 saturated carbocycles. The van der Waals surface area contributed by atoms with Gasteiger partial charge in [-0.15, -0.1) is 0 Å². The summed E-state index contributed by atoms with van der Waals surface area (Å²) in [5.74, 6) is -0.728. The lowest BCUT2D eigenvalue weighted by Crippen LogP contribution is -2.22. The van der Waals surface area contributed by atoms with Gasteiger partial charge in [-0.3, -0.25) is 5.41 Å². The van der Waals surface area contributed by atoms with E-state index in [0.717, 1.165) is 17.6 Å². The van der Waals surface area contributed by atoms with E-state index >= 15 is 0 Å². The van der Waals surface area contributed by atoms with Crippen LogP contribution in [0.2, 0.25) is 0 Å². The summed E-state index contributed by atoms with van der Waals surface area (Å²) in [4.78, 5) is 15.3. The number of imidazole rings is 2. The number of benzene rings is 2. The van der Waals surface area contributed by atoms with Gasteiger partial charge in [-0.2, -0.15) is 0 Å². The number of fused-ring (bicyclic) bond motifs is 2. The highest BCUT2D eigenvalue weighted by Crippen LogP contribution is 2.31. The average Bonchev–Trinajstić information content (AvgIpc) is 3.18. The molecule has 0 radical (unpaired) electrons. The van der Waals surface area contributed by atoms with Crippen LogP contribution in [0.1, 0.15) is 31.1 Å². The van der Waals surface area contributed by atoms with Gasteiger partial charge in [0.25, 0.3) is 0 Å². The molecule has 26 heavy (non-hydrogen) atoms. The molecular weight excluding hydrogens is 338 g/mol. The van der Waals surface area contributed by atoms with Gasteiger partial charge in [-0.05, 0) is 32.0 Å². The van der Waals surface area contributed by atoms with Gasteiger partial charge in [-0.1, -0.05) is 0 Å². The van der Waals surface area contributed by atoms with E-state index in [0.29, 0.717) is 33.8 Å². The molecule has 0 fully saturated rings. The Bertz CT molecular complexity index is 1130. The molecule has 2 aromatic heterocycles. The molecular formula is C18H16F2N6. The summed E-state index contributed by atoms with van der Waals surface area (Å²) in [6, 6.07) is 7.44. The molecule has 0 amide bonds. The standard InChI is InChI=1S/C18H16F2N6/c1-18(2,17-25-13-6-9(19)10(20)7-14(13)26-17)16-23-11-4-3-8(15(21)22)5-12(11)24-16/h3-7H,1-2H3,(H3,21,22)(H,23,24)(H,25,26). The highest BCUT2D eigenvalue weighted by Gasteiger charge is 2.30. The number of H-pyrrole nitrogens is 2. The van der Waals surface area contributed by atoms with Gasteiger partial charge in [0.05, 0.1) is 27.5 Å². The summed E-state index contributed by atoms with van der Waals surface area (Å²) in [6.07, 6.45) is 0. The van der Waals surface area contributed by atoms with E-state index in [9.17, 15) is 8.78 Å². The molecule has 4 rings (SSSR count). The van der Waals surface area contributed by atoms with E-state index < -0.39 is 17.0 Å². The van der Waals surface area contributed by atoms with Gasteiger partial charge in [0.2, 0.25) is 0 Å². The van der Waals surface area contributed by atoms with Gasteiger partial charge < -0.3 is 15.7 Å². The van der Waals surface area contributed by atoms with E-state index in [-0.39, 0.29) is 5.84 Å². The van der Waals surface area contributed by atoms with Crippen LogP contribution in [0.15, 0.2) is 30.3 Å². The van der Waals surface area contributed by atoms with Gasteiger partial charge in [0, 0.05) is 17.7 Å². The van der Waals surface area contributed by atoms with Crippen LogP contribution >= 0.6 is 0 Å². The maximum atomic E-state index is 13.5. The van der Waals surface area contributed by atoms with Gasteiger partial charge in [0.1, 0.15) is 17.5 Å². The predicted octanol–water partition coefficient (Wildman–Crippen LogP) is 3.33. The van der Waals surface area contributed by atoms with Crippen molar-refractivity contribution in [2.75, 3.05) is 0 Å². The summed E-state index contributed by atoms with van der Waals surface area (Å²) in [7, 11) is 0. The molecule has 2 aromatic carbocycles. The van der Waals surface area contributed by atoms with Crippen LogP contribution < -0.4 is 5.73 Å². The number of halogens is 2. The molecule has 0 atom stereocenters. The van der Waals surface area contributed by atoms with E-state index in [4.69, 9.17) is 11.1 Å². The fourth-order valence-electron chi connectivity index (χ4n) is 2.88. The maximum absolute atomic E-state index is 13.5. The molecule has 5 N–H and O–H groups in total. The van der Waals surface area contributed by atoms with Crippen molar-refractivity contribution in [1.82, 2.24) is 19.9 Å². The summed E-state index contributed by atoms with van der Waals surface area (Å²) in [5, 5.41) is 7.53. The van der Waals surface area contributed by atoms with Crippen molar-refractivity contribution in [3.05, 3.63) is 59.2 Å². The zero-order valence-corrected chi connectivity index (χ0v) is 14.1. The molecule has 2 heterocycles. The normalized spacial score (nSPS) is 12.2. The Balaban J connectivity index is 1.83. The Hall–Kier alpha value is -3.29. The van der Waals surface area contributed by atoms with Crippen molar-refractivity contribution in [1.29, 1.82) is 5.41 Å². The third-order valence-electron chi connectivity index (χ3n) is 4.50. The molecule has 8 heteroatoms. The lowest BCUT2D eigenvalue weighted by Gasteiger charge is -2.19. The minimum absolute atomic E-state index is 0.0305. The summed E-state index contributed by atoms with van der Waals surface area (Å²) in [5.41, 5.74) is 7.69. The molecule has 0 spiro atoms. The fraction of sp³-hybridized carbons (Fsp3) is 0.167. The minimum Gasteiger partial charge on any atom is -0.384 e. The largest absolute Gasteiger partial charge is 0.384 e. The Kier molecular flexibility index (Phi) is 3.33. The van der Waals surface area contributed by atoms with Gasteiger partial charge in [-0.25, -0.2) is 18.7 Å². The second kappa shape index (κ2) is 5.35. The van der Waals surface area contributed by atoms with E-state index in [2.05, 4.69) is 19.9 Å². The lowest BCUT2D eigenvalue weighted by atomic mass is 9.92. The summed E-state index contributed by atoms with van der Waals surface area (Å²) < 4.78 is 26.9. The van der Waals surface area contributed by atoms with Crippen LogP contribution in [0.4, 0.5) is 8.78 Å². The van der Waals surface area contributed by atoms with E-state index in [1.165, 1.54) is 0 Å². The summed E-state index contributed by atoms with van der Waals surface area (Å²) in [6.45, 7) is 3.81. The smallest absolute Gasteiger partial charge is 0.161 e. The van der Waals surface area contributed by atoms with Crippen molar-refractivity contribution in [2.24, 2.45) is 5.73 Å². The molecule has 132 valence electrons. The monoisotopic (exact) mass is 354 g/mol. The fourth-order valence-corrected chi connectivity index (χ4v) is 2.88. The van der Waals surface area contributed by atoms with Crippen molar-refractivity contribution < 1.29 is 8.78 Å². The van der Waals surface area contributed by atoms with Gasteiger partial charge in [0.15, 0.2) is 11.6 Å². The van der Waals surface area contributed by atoms with Crippen LogP contribution in [-0.4, -0.2) is 25.8 Å². The Labute approximate surface area is 147 Å². The lowest BCUT2D eigenvalue weighted by molar-refractivity contribution is 0.510. The Morgan fingerprint density at radius 1 is 0.962 bits per heavy atom. The van der Waals surface area contributed by atoms with E-state index in [1.807, 2.05) is 19.9 Å². The predicted molar refractivity (Wildman–Crippen MR) is 95.2 cm³/mol. The molecule has 4 aromatic rings. The first-order valence-corrected chi connectivity index (χ1v) is 7.95. The minimum atomic E-state index is -0.936. The topological polar surface area (TPSA) is 107 Å². The van der Waals surface area contributed by atoms with Gasteiger partial charge >= 0.3 is 0 Å². The highest BCUT2D eigenvalue weighted by molar-refractivity contribution is 5.98. The number of aromatic amines is 2. The number of nitrogens with one attached hydrogen (secondary N) is 3. The van der Waals surface area contributed by atoms with Crippen LogP contribution in [-0.2, 0) is 5.41 Å². The zero-order chi connectivity index (χ0) is 18.6. The molecule has 0 aliphatic rings. The molecule has 0 bridgehead atoms. The SMILES string of the molecule is CC(C)(c1nc2cc(C(=N)N)ccc2[nH]1)c1nc2cc(F)c(F)cc2[nH]1. The number of hydrogen-bond acceptors (Lipinski definition) is 3. The molecule has 0 saturated heterocycles. The number of amidine groups is 1. The first-order valence-electron chi connectivity index (χ1n) is 7.95. The number of hydrogen-bond donors (Lipinski definition) is 4. The molecule has 0 aliphatic carbocycles. The number of nitrogens with two attached hydrogens (primary N) is 1. The number of aromatic nitrogens is 4. The van der Waals surface area contributed by atoms with Crippen LogP contribution in [0.5, 0.6) is 0 Å². The van der Waals surface area contributed by atoms with Crippen LogP contribution in [0.3, 0.4) is 0 Å². The van der Waals surface area contributed by atoms with E-state index in [1.54, 1.807) is 12.1 Å². The number of nitrogen functional groups attached to an aromatic ring is 1. The average molecular weight is 354 g/mol. The Morgan fingerprint density at radius 2 is 1.54 bits per heavy atom. The van der Waals surface area contributed by atoms with Crippen molar-refractivity contribution in [3.8, 4) is 0 Å². The number of nitrogens with zero attached hydrogens (tertiary/aromatic N) is 2.